The molecule has 1 atom stereocenters. The van der Waals surface area contributed by atoms with Crippen molar-refractivity contribution in [3.8, 4) is 17.5 Å². The molecule has 0 bridgehead atoms. The highest BCUT2D eigenvalue weighted by atomic mass is 16.5. The number of rotatable bonds is 1. The Bertz CT molecular complexity index is 760. The van der Waals surface area contributed by atoms with Crippen LogP contribution in [-0.2, 0) is 10.3 Å². The molecule has 21 heavy (non-hydrogen) atoms. The van der Waals surface area contributed by atoms with E-state index in [4.69, 9.17) is 19.9 Å². The van der Waals surface area contributed by atoms with E-state index in [0.717, 1.165) is 11.1 Å². The SMILES string of the molecule is COc1ccc2c(n1)Oc1ccccc1C21COC(N)=N1. The average Bonchev–Trinajstić information content (AvgIpc) is 2.90. The summed E-state index contributed by atoms with van der Waals surface area (Å²) in [4.78, 5) is 8.89. The molecule has 0 saturated heterocycles. The van der Waals surface area contributed by atoms with Gasteiger partial charge in [-0.1, -0.05) is 18.2 Å². The number of ether oxygens (including phenoxy) is 3. The minimum Gasteiger partial charge on any atom is -0.481 e. The van der Waals surface area contributed by atoms with Gasteiger partial charge in [-0.2, -0.15) is 4.98 Å². The maximum absolute atomic E-state index is 5.89. The van der Waals surface area contributed by atoms with Crippen molar-refractivity contribution in [1.82, 2.24) is 4.98 Å². The maximum Gasteiger partial charge on any atom is 0.283 e. The summed E-state index contributed by atoms with van der Waals surface area (Å²) in [7, 11) is 1.57. The van der Waals surface area contributed by atoms with E-state index in [9.17, 15) is 0 Å². The fraction of sp³-hybridized carbons (Fsp3) is 0.200. The molecule has 4 rings (SSSR count). The molecule has 1 spiro atoms. The molecule has 2 N–H and O–H groups in total. The maximum atomic E-state index is 5.89. The summed E-state index contributed by atoms with van der Waals surface area (Å²) < 4.78 is 16.5. The first-order valence-electron chi connectivity index (χ1n) is 6.54. The number of nitrogens with zero attached hydrogens (tertiary/aromatic N) is 2. The molecule has 2 aliphatic rings. The zero-order valence-corrected chi connectivity index (χ0v) is 11.4. The van der Waals surface area contributed by atoms with E-state index in [1.54, 1.807) is 13.2 Å². The predicted molar refractivity (Wildman–Crippen MR) is 75.7 cm³/mol. The molecule has 2 aromatic rings. The number of methoxy groups -OCH3 is 1. The summed E-state index contributed by atoms with van der Waals surface area (Å²) in [5.41, 5.74) is 6.79. The van der Waals surface area contributed by atoms with E-state index >= 15 is 0 Å². The zero-order chi connectivity index (χ0) is 14.4. The molecule has 0 aliphatic carbocycles. The molecule has 6 nitrogen and oxygen atoms in total. The van der Waals surface area contributed by atoms with Gasteiger partial charge in [0.05, 0.1) is 12.7 Å². The van der Waals surface area contributed by atoms with Gasteiger partial charge in [-0.05, 0) is 12.1 Å². The second-order valence-corrected chi connectivity index (χ2v) is 4.90. The first kappa shape index (κ1) is 12.0. The van der Waals surface area contributed by atoms with Crippen molar-refractivity contribution in [2.24, 2.45) is 10.7 Å². The number of benzene rings is 1. The van der Waals surface area contributed by atoms with Crippen LogP contribution in [0.3, 0.4) is 0 Å². The summed E-state index contributed by atoms with van der Waals surface area (Å²) in [5.74, 6) is 1.65. The lowest BCUT2D eigenvalue weighted by Gasteiger charge is -2.32. The second-order valence-electron chi connectivity index (χ2n) is 4.90. The largest absolute Gasteiger partial charge is 0.481 e. The van der Waals surface area contributed by atoms with Gasteiger partial charge < -0.3 is 19.9 Å². The highest BCUT2D eigenvalue weighted by molar-refractivity contribution is 5.76. The molecule has 1 aromatic carbocycles. The first-order valence-corrected chi connectivity index (χ1v) is 6.54. The Morgan fingerprint density at radius 1 is 1.19 bits per heavy atom. The van der Waals surface area contributed by atoms with Gasteiger partial charge in [0.15, 0.2) is 5.54 Å². The van der Waals surface area contributed by atoms with Crippen LogP contribution in [0.5, 0.6) is 17.5 Å². The Balaban J connectivity index is 1.99. The van der Waals surface area contributed by atoms with Crippen LogP contribution in [0.1, 0.15) is 11.1 Å². The van der Waals surface area contributed by atoms with Gasteiger partial charge in [-0.15, -0.1) is 0 Å². The molecule has 0 amide bonds. The fourth-order valence-corrected chi connectivity index (χ4v) is 2.78. The summed E-state index contributed by atoms with van der Waals surface area (Å²) in [6.45, 7) is 0.334. The number of amidine groups is 1. The Labute approximate surface area is 121 Å². The van der Waals surface area contributed by atoms with Gasteiger partial charge in [0.2, 0.25) is 11.8 Å². The molecule has 1 unspecified atom stereocenters. The van der Waals surface area contributed by atoms with Crippen LogP contribution in [0.2, 0.25) is 0 Å². The van der Waals surface area contributed by atoms with E-state index in [-0.39, 0.29) is 6.02 Å². The van der Waals surface area contributed by atoms with Gasteiger partial charge in [0.1, 0.15) is 12.4 Å². The molecular formula is C15H13N3O3. The number of hydrogen-bond acceptors (Lipinski definition) is 6. The fourth-order valence-electron chi connectivity index (χ4n) is 2.78. The monoisotopic (exact) mass is 283 g/mol. The van der Waals surface area contributed by atoms with Crippen LogP contribution in [0, 0.1) is 0 Å². The zero-order valence-electron chi connectivity index (χ0n) is 11.4. The lowest BCUT2D eigenvalue weighted by Crippen LogP contribution is -2.31. The topological polar surface area (TPSA) is 79.0 Å². The normalized spacial score (nSPS) is 21.9. The molecule has 2 aliphatic heterocycles. The summed E-state index contributed by atoms with van der Waals surface area (Å²) >= 11 is 0. The third-order valence-corrected chi connectivity index (χ3v) is 3.76. The summed E-state index contributed by atoms with van der Waals surface area (Å²) in [6, 6.07) is 11.5. The Kier molecular flexibility index (Phi) is 2.35. The van der Waals surface area contributed by atoms with Gasteiger partial charge in [0.25, 0.3) is 6.02 Å². The number of aromatic nitrogens is 1. The Morgan fingerprint density at radius 3 is 2.81 bits per heavy atom. The minimum absolute atomic E-state index is 0.175. The van der Waals surface area contributed by atoms with Crippen LogP contribution in [0.25, 0.3) is 0 Å². The van der Waals surface area contributed by atoms with Crippen molar-refractivity contribution in [3.05, 3.63) is 47.5 Å². The van der Waals surface area contributed by atoms with E-state index in [2.05, 4.69) is 9.98 Å². The van der Waals surface area contributed by atoms with E-state index in [0.29, 0.717) is 24.1 Å². The van der Waals surface area contributed by atoms with Gasteiger partial charge in [-0.3, -0.25) is 0 Å². The van der Waals surface area contributed by atoms with Crippen molar-refractivity contribution in [3.63, 3.8) is 0 Å². The highest BCUT2D eigenvalue weighted by Crippen LogP contribution is 2.50. The van der Waals surface area contributed by atoms with Crippen LogP contribution in [0.15, 0.2) is 41.4 Å². The van der Waals surface area contributed by atoms with E-state index in [1.165, 1.54) is 0 Å². The minimum atomic E-state index is -0.701. The van der Waals surface area contributed by atoms with Crippen molar-refractivity contribution in [2.75, 3.05) is 13.7 Å². The number of pyridine rings is 1. The van der Waals surface area contributed by atoms with Crippen molar-refractivity contribution < 1.29 is 14.2 Å². The van der Waals surface area contributed by atoms with Crippen molar-refractivity contribution >= 4 is 6.02 Å². The van der Waals surface area contributed by atoms with Crippen molar-refractivity contribution in [2.45, 2.75) is 5.54 Å². The molecule has 0 radical (unpaired) electrons. The number of hydrogen-bond donors (Lipinski definition) is 1. The second kappa shape index (κ2) is 4.12. The van der Waals surface area contributed by atoms with Crippen LogP contribution >= 0.6 is 0 Å². The van der Waals surface area contributed by atoms with E-state index in [1.807, 2.05) is 30.3 Å². The molecule has 3 heterocycles. The number of fused-ring (bicyclic) bond motifs is 4. The summed E-state index contributed by atoms with van der Waals surface area (Å²) in [6.07, 6.45) is 0. The standard InChI is InChI=1S/C15H13N3O3/c1-19-12-7-6-10-13(17-12)21-11-5-3-2-4-9(11)15(10)8-20-14(16)18-15/h2-7H,8H2,1H3,(H2,16,18). The average molecular weight is 283 g/mol. The lowest BCUT2D eigenvalue weighted by atomic mass is 9.83. The smallest absolute Gasteiger partial charge is 0.283 e. The number of aliphatic imine (C=N–C) groups is 1. The van der Waals surface area contributed by atoms with Crippen LogP contribution < -0.4 is 15.2 Å². The Morgan fingerprint density at radius 2 is 2.05 bits per heavy atom. The molecule has 1 aromatic heterocycles. The van der Waals surface area contributed by atoms with Gasteiger partial charge >= 0.3 is 0 Å². The highest BCUT2D eigenvalue weighted by Gasteiger charge is 2.47. The Hall–Kier alpha value is -2.76. The van der Waals surface area contributed by atoms with Gasteiger partial charge in [-0.25, -0.2) is 4.99 Å². The predicted octanol–water partition coefficient (Wildman–Crippen LogP) is 1.78. The van der Waals surface area contributed by atoms with Gasteiger partial charge in [0, 0.05) is 11.6 Å². The molecule has 0 fully saturated rings. The molecule has 106 valence electrons. The number of para-hydroxylation sites is 1. The van der Waals surface area contributed by atoms with Crippen molar-refractivity contribution in [1.29, 1.82) is 0 Å². The summed E-state index contributed by atoms with van der Waals surface area (Å²) in [5, 5.41) is 0. The molecular weight excluding hydrogens is 270 g/mol. The number of nitrogens with two attached hydrogens (primary N) is 1. The molecule has 0 saturated carbocycles. The quantitative estimate of drug-likeness (QED) is 0.863. The third kappa shape index (κ3) is 1.59. The lowest BCUT2D eigenvalue weighted by molar-refractivity contribution is 0.261. The third-order valence-electron chi connectivity index (χ3n) is 3.76. The molecule has 6 heteroatoms. The van der Waals surface area contributed by atoms with E-state index < -0.39 is 5.54 Å². The van der Waals surface area contributed by atoms with Crippen LogP contribution in [-0.4, -0.2) is 24.7 Å². The van der Waals surface area contributed by atoms with Crippen LogP contribution in [0.4, 0.5) is 0 Å². The first-order chi connectivity index (χ1) is 10.2.